The Hall–Kier alpha value is -3.19. The molecule has 0 saturated heterocycles. The molecule has 0 aliphatic heterocycles. The summed E-state index contributed by atoms with van der Waals surface area (Å²) in [4.78, 5) is 21.1. The third-order valence-electron chi connectivity index (χ3n) is 4.81. The van der Waals surface area contributed by atoms with E-state index in [2.05, 4.69) is 15.1 Å². The highest BCUT2D eigenvalue weighted by Crippen LogP contribution is 2.31. The van der Waals surface area contributed by atoms with Crippen molar-refractivity contribution in [2.75, 3.05) is 0 Å². The van der Waals surface area contributed by atoms with E-state index in [1.54, 1.807) is 22.1 Å². The highest BCUT2D eigenvalue weighted by atomic mass is 32.1. The summed E-state index contributed by atoms with van der Waals surface area (Å²) < 4.78 is 7.07. The summed E-state index contributed by atoms with van der Waals surface area (Å²) in [6.45, 7) is 4.37. The van der Waals surface area contributed by atoms with Crippen molar-refractivity contribution in [2.45, 2.75) is 20.4 Å². The molecule has 0 saturated carbocycles. The molecule has 27 heavy (non-hydrogen) atoms. The van der Waals surface area contributed by atoms with Gasteiger partial charge in [0.2, 0.25) is 0 Å². The first-order valence-electron chi connectivity index (χ1n) is 8.59. The molecule has 0 atom stereocenters. The Morgan fingerprint density at radius 1 is 1.26 bits per heavy atom. The molecule has 5 rings (SSSR count). The maximum atomic E-state index is 12.5. The molecular formula is C20H16N4O2S. The molecule has 0 aliphatic rings. The number of pyridine rings is 1. The topological polar surface area (TPSA) is 76.7 Å². The van der Waals surface area contributed by atoms with E-state index in [1.165, 1.54) is 0 Å². The van der Waals surface area contributed by atoms with Crippen LogP contribution in [0.3, 0.4) is 0 Å². The summed E-state index contributed by atoms with van der Waals surface area (Å²) in [6.07, 6.45) is 1.72. The van der Waals surface area contributed by atoms with Crippen LogP contribution < -0.4 is 5.69 Å². The highest BCUT2D eigenvalue weighted by molar-refractivity contribution is 7.09. The number of rotatable bonds is 3. The predicted molar refractivity (Wildman–Crippen MR) is 106 cm³/mol. The van der Waals surface area contributed by atoms with Gasteiger partial charge in [-0.05, 0) is 36.9 Å². The molecule has 0 amide bonds. The number of nitrogens with zero attached hydrogens (tertiary/aromatic N) is 3. The molecule has 4 heterocycles. The number of aryl methyl sites for hydroxylation is 2. The van der Waals surface area contributed by atoms with Crippen LogP contribution in [0.25, 0.3) is 33.1 Å². The van der Waals surface area contributed by atoms with Crippen LogP contribution in [-0.4, -0.2) is 19.7 Å². The second-order valence-electron chi connectivity index (χ2n) is 6.55. The van der Waals surface area contributed by atoms with Crippen molar-refractivity contribution in [3.05, 3.63) is 68.7 Å². The molecule has 6 nitrogen and oxygen atoms in total. The summed E-state index contributed by atoms with van der Waals surface area (Å²) in [5.74, 6) is 0.782. The van der Waals surface area contributed by atoms with Crippen LogP contribution in [0.2, 0.25) is 0 Å². The van der Waals surface area contributed by atoms with Crippen LogP contribution in [-0.2, 0) is 6.54 Å². The Morgan fingerprint density at radius 3 is 2.89 bits per heavy atom. The summed E-state index contributed by atoms with van der Waals surface area (Å²) in [5, 5.41) is 7.00. The molecule has 5 aromatic rings. The number of aromatic nitrogens is 4. The molecule has 0 fully saturated rings. The van der Waals surface area contributed by atoms with Crippen LogP contribution in [0.5, 0.6) is 0 Å². The zero-order chi connectivity index (χ0) is 18.5. The van der Waals surface area contributed by atoms with Gasteiger partial charge >= 0.3 is 5.69 Å². The van der Waals surface area contributed by atoms with Crippen LogP contribution in [0.4, 0.5) is 0 Å². The van der Waals surface area contributed by atoms with Crippen molar-refractivity contribution < 1.29 is 4.52 Å². The molecule has 1 N–H and O–H groups in total. The van der Waals surface area contributed by atoms with Gasteiger partial charge in [0.25, 0.3) is 0 Å². The number of thiophene rings is 1. The smallest absolute Gasteiger partial charge is 0.326 e. The van der Waals surface area contributed by atoms with Crippen LogP contribution in [0.1, 0.15) is 16.3 Å². The van der Waals surface area contributed by atoms with Gasteiger partial charge in [-0.25, -0.2) is 4.79 Å². The fourth-order valence-corrected chi connectivity index (χ4v) is 4.30. The Labute approximate surface area is 158 Å². The monoisotopic (exact) mass is 376 g/mol. The maximum Gasteiger partial charge on any atom is 0.326 e. The first-order valence-corrected chi connectivity index (χ1v) is 9.46. The molecule has 0 aliphatic carbocycles. The van der Waals surface area contributed by atoms with Crippen molar-refractivity contribution in [2.24, 2.45) is 0 Å². The van der Waals surface area contributed by atoms with Gasteiger partial charge < -0.3 is 9.51 Å². The number of nitrogens with one attached hydrogen (secondary N) is 1. The number of hydrogen-bond acceptors (Lipinski definition) is 5. The van der Waals surface area contributed by atoms with Gasteiger partial charge in [-0.2, -0.15) is 0 Å². The van der Waals surface area contributed by atoms with Gasteiger partial charge in [-0.15, -0.1) is 11.3 Å². The summed E-state index contributed by atoms with van der Waals surface area (Å²) in [5.41, 5.74) is 5.18. The number of hydrogen-bond donors (Lipinski definition) is 1. The second-order valence-corrected chi connectivity index (χ2v) is 7.58. The van der Waals surface area contributed by atoms with Gasteiger partial charge in [0, 0.05) is 15.8 Å². The number of imidazole rings is 1. The highest BCUT2D eigenvalue weighted by Gasteiger charge is 2.15. The fraction of sp³-hybridized carbons (Fsp3) is 0.150. The van der Waals surface area contributed by atoms with Crippen molar-refractivity contribution in [1.82, 2.24) is 19.7 Å². The standard InChI is InChI=1S/C20H16N4O2S/c1-11-18(12(2)26-23-11)13-5-6-15-16(8-13)21-9-17-19(15)24(20(25)22-17)10-14-4-3-7-27-14/h3-9H,10H2,1-2H3,(H,22,25). The van der Waals surface area contributed by atoms with Gasteiger partial charge in [0.05, 0.1) is 35.0 Å². The average Bonchev–Trinajstić information content (AvgIpc) is 3.36. The fourth-order valence-electron chi connectivity index (χ4n) is 3.61. The van der Waals surface area contributed by atoms with E-state index in [-0.39, 0.29) is 5.69 Å². The molecule has 0 bridgehead atoms. The van der Waals surface area contributed by atoms with E-state index in [9.17, 15) is 4.79 Å². The van der Waals surface area contributed by atoms with Crippen LogP contribution in [0.15, 0.2) is 51.2 Å². The zero-order valence-electron chi connectivity index (χ0n) is 14.8. The largest absolute Gasteiger partial charge is 0.361 e. The Kier molecular flexibility index (Phi) is 3.51. The minimum atomic E-state index is -0.123. The molecule has 0 spiro atoms. The number of H-pyrrole nitrogens is 1. The third-order valence-corrected chi connectivity index (χ3v) is 5.67. The van der Waals surface area contributed by atoms with Gasteiger partial charge in [0.1, 0.15) is 5.76 Å². The first kappa shape index (κ1) is 16.0. The van der Waals surface area contributed by atoms with Crippen molar-refractivity contribution in [3.8, 4) is 11.1 Å². The predicted octanol–water partition coefficient (Wildman–Crippen LogP) is 4.26. The van der Waals surface area contributed by atoms with E-state index >= 15 is 0 Å². The first-order chi connectivity index (χ1) is 13.1. The minimum absolute atomic E-state index is 0.123. The van der Waals surface area contributed by atoms with Gasteiger partial charge in [0.15, 0.2) is 0 Å². The Bertz CT molecular complexity index is 1320. The minimum Gasteiger partial charge on any atom is -0.361 e. The lowest BCUT2D eigenvalue weighted by atomic mass is 10.0. The summed E-state index contributed by atoms with van der Waals surface area (Å²) in [7, 11) is 0. The van der Waals surface area contributed by atoms with Gasteiger partial charge in [-0.3, -0.25) is 9.55 Å². The summed E-state index contributed by atoms with van der Waals surface area (Å²) in [6, 6.07) is 10.1. The zero-order valence-corrected chi connectivity index (χ0v) is 15.6. The normalized spacial score (nSPS) is 11.6. The molecule has 7 heteroatoms. The lowest BCUT2D eigenvalue weighted by molar-refractivity contribution is 0.393. The number of aromatic amines is 1. The van der Waals surface area contributed by atoms with Gasteiger partial charge in [-0.1, -0.05) is 23.4 Å². The Balaban J connectivity index is 1.74. The molecular weight excluding hydrogens is 360 g/mol. The van der Waals surface area contributed by atoms with E-state index < -0.39 is 0 Å². The summed E-state index contributed by atoms with van der Waals surface area (Å²) >= 11 is 1.64. The second kappa shape index (κ2) is 5.92. The van der Waals surface area contributed by atoms with Crippen molar-refractivity contribution >= 4 is 33.3 Å². The number of fused-ring (bicyclic) bond motifs is 3. The SMILES string of the molecule is Cc1noc(C)c1-c1ccc2c(c1)ncc1[nH]c(=O)n(Cc3cccs3)c12. The van der Waals surface area contributed by atoms with Crippen LogP contribution in [0, 0.1) is 13.8 Å². The number of benzene rings is 1. The van der Waals surface area contributed by atoms with Crippen molar-refractivity contribution in [3.63, 3.8) is 0 Å². The van der Waals surface area contributed by atoms with E-state index in [4.69, 9.17) is 4.52 Å². The maximum absolute atomic E-state index is 12.5. The van der Waals surface area contributed by atoms with Crippen LogP contribution >= 0.6 is 11.3 Å². The lowest BCUT2D eigenvalue weighted by Crippen LogP contribution is -2.16. The molecule has 0 unspecified atom stereocenters. The quantitative estimate of drug-likeness (QED) is 0.510. The van der Waals surface area contributed by atoms with Crippen molar-refractivity contribution in [1.29, 1.82) is 0 Å². The molecule has 134 valence electrons. The molecule has 0 radical (unpaired) electrons. The molecule has 1 aromatic carbocycles. The van der Waals surface area contributed by atoms with E-state index in [1.807, 2.05) is 49.6 Å². The van der Waals surface area contributed by atoms with E-state index in [0.29, 0.717) is 6.54 Å². The lowest BCUT2D eigenvalue weighted by Gasteiger charge is -2.07. The third kappa shape index (κ3) is 2.50. The average molecular weight is 376 g/mol. The Morgan fingerprint density at radius 2 is 2.15 bits per heavy atom. The van der Waals surface area contributed by atoms with E-state index in [0.717, 1.165) is 49.4 Å². The molecule has 4 aromatic heterocycles.